The van der Waals surface area contributed by atoms with Crippen LogP contribution in [0.1, 0.15) is 33.3 Å². The van der Waals surface area contributed by atoms with E-state index in [1.54, 1.807) is 37.5 Å². The van der Waals surface area contributed by atoms with Gasteiger partial charge in [-0.1, -0.05) is 17.7 Å². The van der Waals surface area contributed by atoms with Crippen LogP contribution in [0.25, 0.3) is 0 Å². The lowest BCUT2D eigenvalue weighted by molar-refractivity contribution is 0.0158. The summed E-state index contributed by atoms with van der Waals surface area (Å²) in [5, 5.41) is 0.222. The summed E-state index contributed by atoms with van der Waals surface area (Å²) in [4.78, 5) is 19.5. The average molecular weight is 472 g/mol. The lowest BCUT2D eigenvalue weighted by Crippen LogP contribution is -2.55. The van der Waals surface area contributed by atoms with Gasteiger partial charge in [-0.15, -0.1) is 0 Å². The summed E-state index contributed by atoms with van der Waals surface area (Å²) in [6, 6.07) is 4.40. The molecule has 1 amide bonds. The molecule has 1 fully saturated rings. The second-order valence-electron chi connectivity index (χ2n) is 8.57. The summed E-state index contributed by atoms with van der Waals surface area (Å²) in [6.07, 6.45) is -0.453. The van der Waals surface area contributed by atoms with Crippen LogP contribution in [0.2, 0.25) is 5.02 Å². The van der Waals surface area contributed by atoms with Gasteiger partial charge in [-0.25, -0.2) is 18.0 Å². The van der Waals surface area contributed by atoms with E-state index in [1.807, 2.05) is 0 Å². The molecule has 0 spiro atoms. The van der Waals surface area contributed by atoms with Crippen molar-refractivity contribution in [3.63, 3.8) is 0 Å². The number of hydrogen-bond donors (Lipinski definition) is 0. The van der Waals surface area contributed by atoms with Gasteiger partial charge < -0.3 is 19.3 Å². The maximum Gasteiger partial charge on any atom is 0.410 e. The highest BCUT2D eigenvalue weighted by molar-refractivity contribution is 6.30. The van der Waals surface area contributed by atoms with E-state index in [0.29, 0.717) is 6.07 Å². The molecule has 10 heteroatoms. The van der Waals surface area contributed by atoms with Crippen molar-refractivity contribution in [1.29, 1.82) is 0 Å². The number of ether oxygens (including phenoxy) is 2. The molecule has 1 aromatic carbocycles. The summed E-state index contributed by atoms with van der Waals surface area (Å²) >= 11 is 5.72. The number of carbonyl (C=O) groups is 1. The normalized spacial score (nSPS) is 16.8. The average Bonchev–Trinajstić information content (AvgIpc) is 2.67. The zero-order valence-electron chi connectivity index (χ0n) is 18.3. The van der Waals surface area contributed by atoms with Crippen molar-refractivity contribution in [3.05, 3.63) is 52.3 Å². The van der Waals surface area contributed by atoms with Crippen LogP contribution < -0.4 is 9.64 Å². The van der Waals surface area contributed by atoms with Crippen molar-refractivity contribution in [2.45, 2.75) is 45.9 Å². The van der Waals surface area contributed by atoms with Crippen molar-refractivity contribution in [1.82, 2.24) is 9.88 Å². The van der Waals surface area contributed by atoms with E-state index >= 15 is 0 Å². The Hall–Kier alpha value is -2.68. The van der Waals surface area contributed by atoms with Crippen LogP contribution in [0.4, 0.5) is 23.8 Å². The first-order chi connectivity index (χ1) is 14.9. The lowest BCUT2D eigenvalue weighted by Gasteiger charge is -2.40. The highest BCUT2D eigenvalue weighted by Crippen LogP contribution is 2.27. The van der Waals surface area contributed by atoms with Crippen LogP contribution in [0.15, 0.2) is 24.3 Å². The third-order valence-electron chi connectivity index (χ3n) is 4.81. The lowest BCUT2D eigenvalue weighted by atomic mass is 10.2. The minimum atomic E-state index is -0.999. The number of piperazine rings is 1. The number of nitrogens with zero attached hydrogens (tertiary/aromatic N) is 3. The second kappa shape index (κ2) is 9.44. The first kappa shape index (κ1) is 24.0. The standard InChI is InChI=1S/C22H25ClF3N3O3/c1-13-11-28(7-8-29(13)21(30)32-22(2,3)4)19-17(25)10-18(26)20(27-19)31-12-14-5-6-15(23)9-16(14)24/h5-6,9-10,13H,7-8,11-12H2,1-4H3/t13-/m0/s1. The molecule has 1 saturated heterocycles. The van der Waals surface area contributed by atoms with Crippen LogP contribution in [-0.2, 0) is 11.3 Å². The number of pyridine rings is 1. The Morgan fingerprint density at radius 1 is 1.16 bits per heavy atom. The topological polar surface area (TPSA) is 54.9 Å². The minimum Gasteiger partial charge on any atom is -0.471 e. The molecule has 1 aliphatic heterocycles. The van der Waals surface area contributed by atoms with Gasteiger partial charge >= 0.3 is 6.09 Å². The van der Waals surface area contributed by atoms with Crippen LogP contribution in [-0.4, -0.2) is 47.3 Å². The van der Waals surface area contributed by atoms with Gasteiger partial charge in [-0.2, -0.15) is 4.98 Å². The summed E-state index contributed by atoms with van der Waals surface area (Å²) in [5.74, 6) is -3.01. The van der Waals surface area contributed by atoms with Crippen LogP contribution in [0.3, 0.4) is 0 Å². The van der Waals surface area contributed by atoms with Crippen molar-refractivity contribution < 1.29 is 27.4 Å². The molecule has 1 aromatic heterocycles. The fourth-order valence-corrected chi connectivity index (χ4v) is 3.45. The van der Waals surface area contributed by atoms with Crippen molar-refractivity contribution >= 4 is 23.5 Å². The number of hydrogen-bond acceptors (Lipinski definition) is 5. The van der Waals surface area contributed by atoms with Crippen molar-refractivity contribution in [2.75, 3.05) is 24.5 Å². The molecule has 1 aliphatic rings. The number of aromatic nitrogens is 1. The van der Waals surface area contributed by atoms with Gasteiger partial charge in [-0.05, 0) is 39.8 Å². The number of rotatable bonds is 4. The van der Waals surface area contributed by atoms with Crippen molar-refractivity contribution in [3.8, 4) is 5.88 Å². The predicted octanol–water partition coefficient (Wildman–Crippen LogP) is 5.18. The SMILES string of the molecule is C[C@H]1CN(c2nc(OCc3ccc(Cl)cc3F)c(F)cc2F)CCN1C(=O)OC(C)(C)C. The highest BCUT2D eigenvalue weighted by atomic mass is 35.5. The molecule has 0 bridgehead atoms. The maximum atomic E-state index is 14.5. The zero-order valence-corrected chi connectivity index (χ0v) is 19.0. The summed E-state index contributed by atoms with van der Waals surface area (Å²) in [7, 11) is 0. The molecule has 3 rings (SSSR count). The molecular weight excluding hydrogens is 447 g/mol. The van der Waals surface area contributed by atoms with Crippen LogP contribution in [0, 0.1) is 17.5 Å². The number of anilines is 1. The monoisotopic (exact) mass is 471 g/mol. The Labute approximate surface area is 189 Å². The molecule has 0 radical (unpaired) electrons. The summed E-state index contributed by atoms with van der Waals surface area (Å²) < 4.78 is 53.4. The van der Waals surface area contributed by atoms with E-state index in [1.165, 1.54) is 12.1 Å². The molecule has 2 heterocycles. The number of benzene rings is 1. The largest absolute Gasteiger partial charge is 0.471 e. The Morgan fingerprint density at radius 2 is 1.88 bits per heavy atom. The molecule has 174 valence electrons. The van der Waals surface area contributed by atoms with Gasteiger partial charge in [0.2, 0.25) is 0 Å². The van der Waals surface area contributed by atoms with Crippen molar-refractivity contribution in [2.24, 2.45) is 0 Å². The van der Waals surface area contributed by atoms with Gasteiger partial charge in [0.1, 0.15) is 18.0 Å². The van der Waals surface area contributed by atoms with E-state index in [-0.39, 0.29) is 48.7 Å². The Morgan fingerprint density at radius 3 is 2.50 bits per heavy atom. The fourth-order valence-electron chi connectivity index (χ4n) is 3.29. The Bertz CT molecular complexity index is 1000. The molecular formula is C22H25ClF3N3O3. The quantitative estimate of drug-likeness (QED) is 0.615. The third kappa shape index (κ3) is 5.76. The number of carbonyl (C=O) groups excluding carboxylic acids is 1. The first-order valence-corrected chi connectivity index (χ1v) is 10.5. The van der Waals surface area contributed by atoms with E-state index in [4.69, 9.17) is 21.1 Å². The van der Waals surface area contributed by atoms with E-state index < -0.39 is 35.0 Å². The molecule has 0 unspecified atom stereocenters. The molecule has 32 heavy (non-hydrogen) atoms. The van der Waals surface area contributed by atoms with Gasteiger partial charge in [0.05, 0.1) is 0 Å². The molecule has 6 nitrogen and oxygen atoms in total. The predicted molar refractivity (Wildman–Crippen MR) is 115 cm³/mol. The molecule has 2 aromatic rings. The van der Waals surface area contributed by atoms with Gasteiger partial charge in [0, 0.05) is 42.3 Å². The molecule has 0 aliphatic carbocycles. The van der Waals surface area contributed by atoms with Crippen LogP contribution in [0.5, 0.6) is 5.88 Å². The maximum absolute atomic E-state index is 14.5. The highest BCUT2D eigenvalue weighted by Gasteiger charge is 2.32. The molecule has 0 N–H and O–H groups in total. The summed E-state index contributed by atoms with van der Waals surface area (Å²) in [6.45, 7) is 7.65. The fraction of sp³-hybridized carbons (Fsp3) is 0.455. The van der Waals surface area contributed by atoms with E-state index in [2.05, 4.69) is 4.98 Å². The molecule has 0 saturated carbocycles. The first-order valence-electron chi connectivity index (χ1n) is 10.1. The third-order valence-corrected chi connectivity index (χ3v) is 5.05. The van der Waals surface area contributed by atoms with E-state index in [9.17, 15) is 18.0 Å². The minimum absolute atomic E-state index is 0.103. The second-order valence-corrected chi connectivity index (χ2v) is 9.01. The summed E-state index contributed by atoms with van der Waals surface area (Å²) in [5.41, 5.74) is -0.477. The number of amides is 1. The number of halogens is 4. The van der Waals surface area contributed by atoms with Gasteiger partial charge in [-0.3, -0.25) is 0 Å². The van der Waals surface area contributed by atoms with Gasteiger partial charge in [0.25, 0.3) is 5.88 Å². The zero-order chi connectivity index (χ0) is 23.6. The smallest absolute Gasteiger partial charge is 0.410 e. The Kier molecular flexibility index (Phi) is 7.07. The van der Waals surface area contributed by atoms with E-state index in [0.717, 1.165) is 6.07 Å². The Balaban J connectivity index is 1.72. The van der Waals surface area contributed by atoms with Gasteiger partial charge in [0.15, 0.2) is 17.5 Å². The molecule has 1 atom stereocenters. The van der Waals surface area contributed by atoms with Crippen LogP contribution >= 0.6 is 11.6 Å².